The third-order valence-electron chi connectivity index (χ3n) is 7.26. The predicted octanol–water partition coefficient (Wildman–Crippen LogP) is 9.28. The fourth-order valence-electron chi connectivity index (χ4n) is 4.75. The number of nitrogens with one attached hydrogen (secondary N) is 1. The van der Waals surface area contributed by atoms with Crippen LogP contribution >= 0.6 is 11.6 Å². The Morgan fingerprint density at radius 2 is 1.32 bits per heavy atom. The van der Waals surface area contributed by atoms with Gasteiger partial charge in [0.1, 0.15) is 24.8 Å². The maximum absolute atomic E-state index is 11.9. The Morgan fingerprint density at radius 3 is 1.90 bits per heavy atom. The quantitative estimate of drug-likeness (QED) is 0.0477. The summed E-state index contributed by atoms with van der Waals surface area (Å²) in [6, 6.07) is 3.77. The highest BCUT2D eigenvalue weighted by Gasteiger charge is 2.08. The van der Waals surface area contributed by atoms with Gasteiger partial charge in [-0.25, -0.2) is 9.36 Å². The Morgan fingerprint density at radius 1 is 0.780 bits per heavy atom. The Labute approximate surface area is 255 Å². The Bertz CT molecular complexity index is 818. The summed E-state index contributed by atoms with van der Waals surface area (Å²) in [4.78, 5) is 23.8. The molecule has 0 aromatic carbocycles. The topological polar surface area (TPSA) is 68.5 Å². The van der Waals surface area contributed by atoms with Gasteiger partial charge in [-0.1, -0.05) is 121 Å². The molecule has 0 saturated carbocycles. The number of amides is 1. The first-order valence-corrected chi connectivity index (χ1v) is 16.8. The minimum atomic E-state index is -0.448. The van der Waals surface area contributed by atoms with E-state index in [-0.39, 0.29) is 19.2 Å². The number of rotatable bonds is 27. The van der Waals surface area contributed by atoms with E-state index >= 15 is 0 Å². The van der Waals surface area contributed by atoms with Crippen molar-refractivity contribution in [1.82, 2.24) is 5.32 Å². The van der Waals surface area contributed by atoms with Crippen molar-refractivity contribution in [3.63, 3.8) is 0 Å². The molecule has 0 unspecified atom stereocenters. The zero-order chi connectivity index (χ0) is 29.8. The van der Waals surface area contributed by atoms with Gasteiger partial charge in [0.15, 0.2) is 12.4 Å². The van der Waals surface area contributed by atoms with Crippen molar-refractivity contribution in [2.24, 2.45) is 0 Å². The molecule has 41 heavy (non-hydrogen) atoms. The third-order valence-corrected chi connectivity index (χ3v) is 7.49. The minimum Gasteiger partial charge on any atom is -0.461 e. The van der Waals surface area contributed by atoms with Crippen LogP contribution in [0.3, 0.4) is 0 Å². The largest absolute Gasteiger partial charge is 0.461 e. The summed E-state index contributed by atoms with van der Waals surface area (Å²) in [5.74, 6) is -0.255. The molecule has 0 saturated heterocycles. The molecule has 0 aliphatic carbocycles. The first kappa shape index (κ1) is 36.9. The molecule has 1 amide bonds. The number of unbranched alkanes of at least 4 members (excludes halogenated alkanes) is 17. The van der Waals surface area contributed by atoms with Crippen molar-refractivity contribution >= 4 is 23.7 Å². The van der Waals surface area contributed by atoms with Crippen LogP contribution in [0.2, 0.25) is 5.02 Å². The van der Waals surface area contributed by atoms with Crippen LogP contribution in [0.15, 0.2) is 36.7 Å². The number of nitrogens with zero attached hydrogens (tertiary/aromatic N) is 1. The number of aryl methyl sites for hydroxylation is 1. The van der Waals surface area contributed by atoms with Gasteiger partial charge >= 0.3 is 12.1 Å². The number of hydrogen-bond donors (Lipinski definition) is 1. The van der Waals surface area contributed by atoms with Crippen LogP contribution in [-0.4, -0.2) is 31.8 Å². The van der Waals surface area contributed by atoms with Crippen LogP contribution in [0.4, 0.5) is 4.79 Å². The molecule has 0 aliphatic heterocycles. The lowest BCUT2D eigenvalue weighted by atomic mass is 10.0. The molecule has 0 fully saturated rings. The molecule has 0 radical (unpaired) electrons. The summed E-state index contributed by atoms with van der Waals surface area (Å²) in [6.45, 7) is 7.72. The van der Waals surface area contributed by atoms with E-state index in [2.05, 4.69) is 18.8 Å². The fraction of sp³-hybridized carbons (Fsp3) is 0.735. The van der Waals surface area contributed by atoms with Crippen LogP contribution in [0, 0.1) is 0 Å². The summed E-state index contributed by atoms with van der Waals surface area (Å²) in [5, 5.41) is 3.50. The van der Waals surface area contributed by atoms with E-state index in [0.717, 1.165) is 38.6 Å². The number of carbonyl (C=O) groups excluding carboxylic acids is 2. The first-order chi connectivity index (χ1) is 20.0. The molecule has 6 nitrogen and oxygen atoms in total. The van der Waals surface area contributed by atoms with Crippen molar-refractivity contribution in [2.75, 3.05) is 19.8 Å². The standard InChI is InChI=1S/C34H57ClN2O4/c1-3-4-5-6-7-8-9-10-11-12-13-14-15-16-17-20-25-36-34(39)41-30-31(2)29-40-33(38)24-19-18-21-26-37-27-22-23-32(35)28-37/h22-23,27-28H,2-21,24-26,29-30H2,1H3/p+1. The second kappa shape index (κ2) is 26.8. The van der Waals surface area contributed by atoms with E-state index < -0.39 is 6.09 Å². The van der Waals surface area contributed by atoms with Crippen LogP contribution in [0.25, 0.3) is 0 Å². The smallest absolute Gasteiger partial charge is 0.407 e. The van der Waals surface area contributed by atoms with E-state index in [9.17, 15) is 9.59 Å². The van der Waals surface area contributed by atoms with Gasteiger partial charge in [0.05, 0.1) is 0 Å². The Kier molecular flexibility index (Phi) is 24.1. The number of hydrogen-bond acceptors (Lipinski definition) is 4. The molecule has 0 bridgehead atoms. The monoisotopic (exact) mass is 593 g/mol. The summed E-state index contributed by atoms with van der Waals surface area (Å²) in [7, 11) is 0. The lowest BCUT2D eigenvalue weighted by Gasteiger charge is -2.10. The van der Waals surface area contributed by atoms with Crippen LogP contribution in [0.1, 0.15) is 135 Å². The van der Waals surface area contributed by atoms with Crippen molar-refractivity contribution in [3.05, 3.63) is 41.7 Å². The van der Waals surface area contributed by atoms with Crippen molar-refractivity contribution in [2.45, 2.75) is 142 Å². The molecule has 1 aromatic heterocycles. The molecular weight excluding hydrogens is 536 g/mol. The van der Waals surface area contributed by atoms with E-state index in [1.807, 2.05) is 29.1 Å². The molecule has 1 rings (SSSR count). The first-order valence-electron chi connectivity index (χ1n) is 16.4. The molecule has 234 valence electrons. The van der Waals surface area contributed by atoms with Crippen LogP contribution in [-0.2, 0) is 20.8 Å². The maximum atomic E-state index is 11.9. The van der Waals surface area contributed by atoms with Gasteiger partial charge in [0.25, 0.3) is 0 Å². The van der Waals surface area contributed by atoms with Gasteiger partial charge in [0, 0.05) is 25.5 Å². The van der Waals surface area contributed by atoms with E-state index in [4.69, 9.17) is 21.1 Å². The van der Waals surface area contributed by atoms with Gasteiger partial charge in [-0.2, -0.15) is 0 Å². The van der Waals surface area contributed by atoms with Gasteiger partial charge in [-0.15, -0.1) is 0 Å². The zero-order valence-electron chi connectivity index (χ0n) is 25.9. The number of alkyl carbamates (subject to hydrolysis) is 1. The zero-order valence-corrected chi connectivity index (χ0v) is 26.7. The van der Waals surface area contributed by atoms with Crippen molar-refractivity contribution < 1.29 is 23.6 Å². The van der Waals surface area contributed by atoms with Crippen molar-refractivity contribution in [3.8, 4) is 0 Å². The highest BCUT2D eigenvalue weighted by atomic mass is 35.5. The molecule has 0 aliphatic rings. The SMILES string of the molecule is C=C(COC(=O)CCCCC[n+]1cccc(Cl)c1)COC(=O)NCCCCCCCCCCCCCCCCCC. The van der Waals surface area contributed by atoms with Gasteiger partial charge in [-0.05, 0) is 30.9 Å². The van der Waals surface area contributed by atoms with Crippen LogP contribution in [0.5, 0.6) is 0 Å². The van der Waals surface area contributed by atoms with Crippen molar-refractivity contribution in [1.29, 1.82) is 0 Å². The fourth-order valence-corrected chi connectivity index (χ4v) is 4.95. The Hall–Kier alpha value is -2.08. The molecule has 0 atom stereocenters. The molecular formula is C34H58ClN2O4+. The van der Waals surface area contributed by atoms with E-state index in [1.165, 1.54) is 89.9 Å². The molecule has 1 N–H and O–H groups in total. The molecule has 0 spiro atoms. The summed E-state index contributed by atoms with van der Waals surface area (Å²) >= 11 is 5.98. The normalized spacial score (nSPS) is 10.9. The maximum Gasteiger partial charge on any atom is 0.407 e. The van der Waals surface area contributed by atoms with Gasteiger partial charge in [0.2, 0.25) is 0 Å². The summed E-state index contributed by atoms with van der Waals surface area (Å²) < 4.78 is 12.5. The number of esters is 1. The average Bonchev–Trinajstić information content (AvgIpc) is 2.96. The molecule has 1 aromatic rings. The highest BCUT2D eigenvalue weighted by Crippen LogP contribution is 2.13. The molecule has 7 heteroatoms. The second-order valence-electron chi connectivity index (χ2n) is 11.3. The molecule has 1 heterocycles. The summed E-state index contributed by atoms with van der Waals surface area (Å²) in [5.41, 5.74) is 0.563. The minimum absolute atomic E-state index is 0.0505. The number of aromatic nitrogens is 1. The lowest BCUT2D eigenvalue weighted by molar-refractivity contribution is -0.697. The van der Waals surface area contributed by atoms with E-state index in [0.29, 0.717) is 23.6 Å². The number of carbonyl (C=O) groups is 2. The predicted molar refractivity (Wildman–Crippen MR) is 169 cm³/mol. The Balaban J connectivity index is 1.83. The third kappa shape index (κ3) is 24.2. The second-order valence-corrected chi connectivity index (χ2v) is 11.7. The van der Waals surface area contributed by atoms with Crippen LogP contribution < -0.4 is 9.88 Å². The number of ether oxygens (including phenoxy) is 2. The van der Waals surface area contributed by atoms with Gasteiger partial charge < -0.3 is 14.8 Å². The summed E-state index contributed by atoms with van der Waals surface area (Å²) in [6.07, 6.45) is 27.7. The highest BCUT2D eigenvalue weighted by molar-refractivity contribution is 6.30. The lowest BCUT2D eigenvalue weighted by Crippen LogP contribution is -2.32. The van der Waals surface area contributed by atoms with Gasteiger partial charge in [-0.3, -0.25) is 4.79 Å². The number of halogens is 1. The number of pyridine rings is 1. The van der Waals surface area contributed by atoms with E-state index in [1.54, 1.807) is 0 Å². The average molecular weight is 594 g/mol.